The standard InChI is InChI=1S/C15H22O/c1-2-14-12-8-4-3-7-11(12)13-9-5-6-10-15(13)16-14/h2,7,12-15H,1,3-6,8-10H2/t12-,13-,14-,15-/m0/s1. The Labute approximate surface area is 98.6 Å². The first-order valence-corrected chi connectivity index (χ1v) is 6.88. The Morgan fingerprint density at radius 1 is 1.12 bits per heavy atom. The van der Waals surface area contributed by atoms with Gasteiger partial charge in [-0.3, -0.25) is 0 Å². The van der Waals surface area contributed by atoms with Gasteiger partial charge in [0.15, 0.2) is 0 Å². The van der Waals surface area contributed by atoms with Crippen LogP contribution in [0.2, 0.25) is 0 Å². The summed E-state index contributed by atoms with van der Waals surface area (Å²) < 4.78 is 6.25. The summed E-state index contributed by atoms with van der Waals surface area (Å²) in [5, 5.41) is 0. The van der Waals surface area contributed by atoms with Crippen molar-refractivity contribution in [2.24, 2.45) is 11.8 Å². The molecule has 88 valence electrons. The van der Waals surface area contributed by atoms with E-state index in [0.717, 1.165) is 5.92 Å². The number of hydrogen-bond acceptors (Lipinski definition) is 1. The Kier molecular flexibility index (Phi) is 2.89. The predicted octanol–water partition coefficient (Wildman–Crippen LogP) is 3.86. The van der Waals surface area contributed by atoms with Crippen molar-refractivity contribution in [3.63, 3.8) is 0 Å². The smallest absolute Gasteiger partial charge is 0.0822 e. The van der Waals surface area contributed by atoms with Gasteiger partial charge in [-0.25, -0.2) is 0 Å². The minimum atomic E-state index is 0.297. The molecule has 4 atom stereocenters. The van der Waals surface area contributed by atoms with Crippen LogP contribution in [-0.2, 0) is 4.74 Å². The Balaban J connectivity index is 1.89. The van der Waals surface area contributed by atoms with Gasteiger partial charge in [-0.15, -0.1) is 6.58 Å². The molecule has 3 rings (SSSR count). The van der Waals surface area contributed by atoms with Gasteiger partial charge in [-0.2, -0.15) is 0 Å². The third-order valence-electron chi connectivity index (χ3n) is 4.62. The van der Waals surface area contributed by atoms with Crippen molar-refractivity contribution in [1.29, 1.82) is 0 Å². The van der Waals surface area contributed by atoms with Crippen LogP contribution in [-0.4, -0.2) is 12.2 Å². The minimum absolute atomic E-state index is 0.297. The molecule has 0 spiro atoms. The summed E-state index contributed by atoms with van der Waals surface area (Å²) in [4.78, 5) is 0. The SMILES string of the molecule is C=C[C@@H]1O[C@H]2CCCC[C@H]2C2=CCCC[C@@H]21. The average Bonchev–Trinajstić information content (AvgIpc) is 2.38. The molecule has 0 N–H and O–H groups in total. The lowest BCUT2D eigenvalue weighted by Crippen LogP contribution is -2.44. The molecule has 1 heterocycles. The highest BCUT2D eigenvalue weighted by Crippen LogP contribution is 2.46. The van der Waals surface area contributed by atoms with Crippen molar-refractivity contribution in [3.05, 3.63) is 24.3 Å². The molecule has 2 fully saturated rings. The summed E-state index contributed by atoms with van der Waals surface area (Å²) in [5.74, 6) is 1.40. The van der Waals surface area contributed by atoms with E-state index in [2.05, 4.69) is 12.7 Å². The highest BCUT2D eigenvalue weighted by Gasteiger charge is 2.41. The summed E-state index contributed by atoms with van der Waals surface area (Å²) >= 11 is 0. The second-order valence-corrected chi connectivity index (χ2v) is 5.51. The molecule has 0 aromatic carbocycles. The second kappa shape index (κ2) is 4.37. The van der Waals surface area contributed by atoms with Gasteiger partial charge < -0.3 is 4.74 Å². The van der Waals surface area contributed by atoms with Crippen molar-refractivity contribution in [3.8, 4) is 0 Å². The number of rotatable bonds is 1. The van der Waals surface area contributed by atoms with Crippen LogP contribution >= 0.6 is 0 Å². The van der Waals surface area contributed by atoms with E-state index in [-0.39, 0.29) is 0 Å². The third-order valence-corrected chi connectivity index (χ3v) is 4.62. The molecule has 0 unspecified atom stereocenters. The molecule has 1 saturated carbocycles. The van der Waals surface area contributed by atoms with E-state index in [1.165, 1.54) is 44.9 Å². The van der Waals surface area contributed by atoms with Crippen LogP contribution in [0.3, 0.4) is 0 Å². The fourth-order valence-corrected chi connectivity index (χ4v) is 3.86. The fourth-order valence-electron chi connectivity index (χ4n) is 3.86. The van der Waals surface area contributed by atoms with E-state index < -0.39 is 0 Å². The number of allylic oxidation sites excluding steroid dienone is 1. The van der Waals surface area contributed by atoms with Gasteiger partial charge in [0, 0.05) is 11.8 Å². The molecule has 0 bridgehead atoms. The predicted molar refractivity (Wildman–Crippen MR) is 66.2 cm³/mol. The Bertz CT molecular complexity index is 305. The van der Waals surface area contributed by atoms with Gasteiger partial charge >= 0.3 is 0 Å². The van der Waals surface area contributed by atoms with Crippen molar-refractivity contribution in [2.75, 3.05) is 0 Å². The van der Waals surface area contributed by atoms with Crippen LogP contribution in [0.25, 0.3) is 0 Å². The van der Waals surface area contributed by atoms with Crippen molar-refractivity contribution in [2.45, 2.75) is 57.2 Å². The van der Waals surface area contributed by atoms with E-state index in [9.17, 15) is 0 Å². The first-order valence-electron chi connectivity index (χ1n) is 6.88. The molecule has 1 nitrogen and oxygen atoms in total. The summed E-state index contributed by atoms with van der Waals surface area (Å²) in [7, 11) is 0. The van der Waals surface area contributed by atoms with E-state index in [0.29, 0.717) is 18.1 Å². The normalized spacial score (nSPS) is 42.9. The van der Waals surface area contributed by atoms with E-state index in [1.54, 1.807) is 5.57 Å². The van der Waals surface area contributed by atoms with Crippen LogP contribution in [0.15, 0.2) is 24.3 Å². The highest BCUT2D eigenvalue weighted by atomic mass is 16.5. The zero-order valence-electron chi connectivity index (χ0n) is 10.0. The molecule has 1 saturated heterocycles. The maximum absolute atomic E-state index is 6.25. The summed E-state index contributed by atoms with van der Waals surface area (Å²) in [6.07, 6.45) is 14.7. The first kappa shape index (κ1) is 10.6. The number of fused-ring (bicyclic) bond motifs is 3. The van der Waals surface area contributed by atoms with Gasteiger partial charge in [0.1, 0.15) is 0 Å². The fraction of sp³-hybridized carbons (Fsp3) is 0.733. The molecule has 0 amide bonds. The molecule has 0 aromatic rings. The second-order valence-electron chi connectivity index (χ2n) is 5.51. The molecular formula is C15H22O. The van der Waals surface area contributed by atoms with Gasteiger partial charge in [-0.1, -0.05) is 30.6 Å². The Hall–Kier alpha value is -0.560. The molecule has 1 heteroatoms. The lowest BCUT2D eigenvalue weighted by Gasteiger charge is -2.46. The van der Waals surface area contributed by atoms with E-state index in [4.69, 9.17) is 4.74 Å². The van der Waals surface area contributed by atoms with Crippen molar-refractivity contribution in [1.82, 2.24) is 0 Å². The van der Waals surface area contributed by atoms with E-state index >= 15 is 0 Å². The van der Waals surface area contributed by atoms with Gasteiger partial charge in [-0.05, 0) is 32.1 Å². The van der Waals surface area contributed by atoms with Crippen LogP contribution in [0.4, 0.5) is 0 Å². The third kappa shape index (κ3) is 1.66. The minimum Gasteiger partial charge on any atom is -0.370 e. The largest absolute Gasteiger partial charge is 0.370 e. The lowest BCUT2D eigenvalue weighted by atomic mass is 9.69. The maximum Gasteiger partial charge on any atom is 0.0822 e. The molecule has 1 aliphatic heterocycles. The highest BCUT2D eigenvalue weighted by molar-refractivity contribution is 5.22. The Morgan fingerprint density at radius 2 is 1.94 bits per heavy atom. The van der Waals surface area contributed by atoms with Gasteiger partial charge in [0.25, 0.3) is 0 Å². The zero-order chi connectivity index (χ0) is 11.0. The van der Waals surface area contributed by atoms with Crippen molar-refractivity contribution < 1.29 is 4.74 Å². The summed E-state index contributed by atoms with van der Waals surface area (Å²) in [5.41, 5.74) is 1.73. The lowest BCUT2D eigenvalue weighted by molar-refractivity contribution is -0.0824. The number of ether oxygens (including phenoxy) is 1. The molecule has 0 radical (unpaired) electrons. The summed E-state index contributed by atoms with van der Waals surface area (Å²) in [6.45, 7) is 3.96. The van der Waals surface area contributed by atoms with E-state index in [1.807, 2.05) is 6.08 Å². The maximum atomic E-state index is 6.25. The molecular weight excluding hydrogens is 196 g/mol. The molecule has 0 aromatic heterocycles. The average molecular weight is 218 g/mol. The topological polar surface area (TPSA) is 9.23 Å². The Morgan fingerprint density at radius 3 is 2.81 bits per heavy atom. The summed E-state index contributed by atoms with van der Waals surface area (Å²) in [6, 6.07) is 0. The molecule has 3 aliphatic rings. The van der Waals surface area contributed by atoms with Crippen LogP contribution in [0, 0.1) is 11.8 Å². The van der Waals surface area contributed by atoms with Crippen LogP contribution in [0.1, 0.15) is 44.9 Å². The first-order chi connectivity index (χ1) is 7.90. The number of hydrogen-bond donors (Lipinski definition) is 0. The van der Waals surface area contributed by atoms with Crippen molar-refractivity contribution >= 4 is 0 Å². The molecule has 2 aliphatic carbocycles. The zero-order valence-corrected chi connectivity index (χ0v) is 10.0. The monoisotopic (exact) mass is 218 g/mol. The van der Waals surface area contributed by atoms with Gasteiger partial charge in [0.2, 0.25) is 0 Å². The van der Waals surface area contributed by atoms with Crippen LogP contribution in [0.5, 0.6) is 0 Å². The van der Waals surface area contributed by atoms with Gasteiger partial charge in [0.05, 0.1) is 12.2 Å². The van der Waals surface area contributed by atoms with Crippen LogP contribution < -0.4 is 0 Å². The quantitative estimate of drug-likeness (QED) is 0.607. The molecule has 16 heavy (non-hydrogen) atoms.